The number of guanidine groups is 1. The molecule has 134 valence electrons. The van der Waals surface area contributed by atoms with Crippen molar-refractivity contribution < 1.29 is 8.78 Å². The van der Waals surface area contributed by atoms with E-state index in [0.29, 0.717) is 17.9 Å². The summed E-state index contributed by atoms with van der Waals surface area (Å²) in [6.07, 6.45) is 5.29. The van der Waals surface area contributed by atoms with Crippen LogP contribution >= 0.6 is 24.0 Å². The number of rotatable bonds is 4. The first kappa shape index (κ1) is 19.6. The summed E-state index contributed by atoms with van der Waals surface area (Å²) < 4.78 is 27.5. The highest BCUT2D eigenvalue weighted by atomic mass is 127. The molecule has 1 aromatic heterocycles. The summed E-state index contributed by atoms with van der Waals surface area (Å²) in [5, 5.41) is 2.92. The zero-order valence-electron chi connectivity index (χ0n) is 13.7. The Balaban J connectivity index is 0.00000225. The smallest absolute Gasteiger partial charge is 0.194 e. The molecule has 0 atom stereocenters. The van der Waals surface area contributed by atoms with Crippen LogP contribution in [0.4, 0.5) is 14.6 Å². The normalized spacial score (nSPS) is 16.3. The van der Waals surface area contributed by atoms with Gasteiger partial charge in [0.1, 0.15) is 17.5 Å². The van der Waals surface area contributed by atoms with Gasteiger partial charge in [0.05, 0.1) is 6.54 Å². The van der Waals surface area contributed by atoms with Crippen molar-refractivity contribution in [1.29, 1.82) is 0 Å². The fourth-order valence-electron chi connectivity index (χ4n) is 3.33. The molecule has 1 aromatic carbocycles. The second-order valence-electron chi connectivity index (χ2n) is 6.15. The van der Waals surface area contributed by atoms with E-state index in [4.69, 9.17) is 5.73 Å². The average Bonchev–Trinajstić information content (AvgIpc) is 3.04. The molecule has 4 nitrogen and oxygen atoms in total. The quantitative estimate of drug-likeness (QED) is 0.410. The third kappa shape index (κ3) is 4.65. The summed E-state index contributed by atoms with van der Waals surface area (Å²) in [6.45, 7) is 0.362. The highest BCUT2D eigenvalue weighted by molar-refractivity contribution is 14.0. The lowest BCUT2D eigenvalue weighted by Gasteiger charge is -2.28. The first-order chi connectivity index (χ1) is 11.6. The highest BCUT2D eigenvalue weighted by Gasteiger charge is 2.37. The SMILES string of the molecule is I.NC(=NCC1(c2ccc(F)cc2F)CCCC1)Nc1ccccn1. The lowest BCUT2D eigenvalue weighted by atomic mass is 9.78. The molecule has 1 saturated carbocycles. The number of nitrogens with zero attached hydrogens (tertiary/aromatic N) is 2. The second kappa shape index (κ2) is 8.55. The van der Waals surface area contributed by atoms with Gasteiger partial charge in [0, 0.05) is 17.7 Å². The van der Waals surface area contributed by atoms with E-state index in [1.165, 1.54) is 12.1 Å². The zero-order valence-corrected chi connectivity index (χ0v) is 16.0. The molecule has 0 aliphatic heterocycles. The summed E-state index contributed by atoms with van der Waals surface area (Å²) >= 11 is 0. The number of pyridine rings is 1. The summed E-state index contributed by atoms with van der Waals surface area (Å²) in [5.41, 5.74) is 6.03. The van der Waals surface area contributed by atoms with Crippen molar-refractivity contribution in [2.75, 3.05) is 11.9 Å². The van der Waals surface area contributed by atoms with E-state index in [0.717, 1.165) is 31.7 Å². The van der Waals surface area contributed by atoms with Gasteiger partial charge in [0.15, 0.2) is 5.96 Å². The van der Waals surface area contributed by atoms with Crippen LogP contribution in [-0.2, 0) is 5.41 Å². The van der Waals surface area contributed by atoms with Crippen molar-refractivity contribution in [1.82, 2.24) is 4.98 Å². The van der Waals surface area contributed by atoms with E-state index >= 15 is 0 Å². The molecule has 0 spiro atoms. The van der Waals surface area contributed by atoms with Gasteiger partial charge in [-0.1, -0.05) is 25.0 Å². The summed E-state index contributed by atoms with van der Waals surface area (Å²) in [7, 11) is 0. The number of benzene rings is 1. The van der Waals surface area contributed by atoms with Crippen LogP contribution in [0.1, 0.15) is 31.2 Å². The summed E-state index contributed by atoms with van der Waals surface area (Å²) in [4.78, 5) is 8.52. The van der Waals surface area contributed by atoms with Crippen LogP contribution < -0.4 is 11.1 Å². The fraction of sp³-hybridized carbons (Fsp3) is 0.333. The minimum absolute atomic E-state index is 0. The molecule has 0 amide bonds. The van der Waals surface area contributed by atoms with E-state index in [9.17, 15) is 8.78 Å². The maximum atomic E-state index is 14.3. The molecule has 2 aromatic rings. The van der Waals surface area contributed by atoms with E-state index in [2.05, 4.69) is 15.3 Å². The summed E-state index contributed by atoms with van der Waals surface area (Å²) in [5.74, 6) is -0.234. The average molecular weight is 458 g/mol. The Hall–Kier alpha value is -1.77. The summed E-state index contributed by atoms with van der Waals surface area (Å²) in [6, 6.07) is 9.21. The minimum Gasteiger partial charge on any atom is -0.370 e. The van der Waals surface area contributed by atoms with Crippen LogP contribution in [0.2, 0.25) is 0 Å². The van der Waals surface area contributed by atoms with E-state index in [1.54, 1.807) is 12.3 Å². The van der Waals surface area contributed by atoms with Crippen LogP contribution in [0.15, 0.2) is 47.6 Å². The number of nitrogens with one attached hydrogen (secondary N) is 1. The molecule has 1 aliphatic carbocycles. The van der Waals surface area contributed by atoms with Crippen LogP contribution in [0.25, 0.3) is 0 Å². The predicted molar refractivity (Wildman–Crippen MR) is 106 cm³/mol. The molecule has 1 fully saturated rings. The number of aromatic nitrogens is 1. The third-order valence-electron chi connectivity index (χ3n) is 4.54. The maximum Gasteiger partial charge on any atom is 0.194 e. The molecule has 3 N–H and O–H groups in total. The Morgan fingerprint density at radius 1 is 1.20 bits per heavy atom. The van der Waals surface area contributed by atoms with Gasteiger partial charge in [0.25, 0.3) is 0 Å². The van der Waals surface area contributed by atoms with Crippen LogP contribution in [0.5, 0.6) is 0 Å². The van der Waals surface area contributed by atoms with Gasteiger partial charge in [0.2, 0.25) is 0 Å². The monoisotopic (exact) mass is 458 g/mol. The van der Waals surface area contributed by atoms with Crippen molar-refractivity contribution in [2.45, 2.75) is 31.1 Å². The first-order valence-corrected chi connectivity index (χ1v) is 8.03. The molecule has 1 aliphatic rings. The standard InChI is InChI=1S/C18H20F2N4.HI/c19-13-6-7-14(15(20)11-13)18(8-2-3-9-18)12-23-17(21)24-16-5-1-4-10-22-16;/h1,4-7,10-11H,2-3,8-9,12H2,(H3,21,22,23,24);1H. The van der Waals surface area contributed by atoms with Crippen molar-refractivity contribution in [2.24, 2.45) is 10.7 Å². The van der Waals surface area contributed by atoms with Gasteiger partial charge < -0.3 is 11.1 Å². The second-order valence-corrected chi connectivity index (χ2v) is 6.15. The number of aliphatic imine (C=N–C) groups is 1. The predicted octanol–water partition coefficient (Wildman–Crippen LogP) is 4.22. The minimum atomic E-state index is -0.566. The first-order valence-electron chi connectivity index (χ1n) is 8.03. The fourth-order valence-corrected chi connectivity index (χ4v) is 3.33. The van der Waals surface area contributed by atoms with Gasteiger partial charge >= 0.3 is 0 Å². The molecular weight excluding hydrogens is 437 g/mol. The largest absolute Gasteiger partial charge is 0.370 e. The van der Waals surface area contributed by atoms with E-state index in [-0.39, 0.29) is 29.9 Å². The van der Waals surface area contributed by atoms with Crippen LogP contribution in [0.3, 0.4) is 0 Å². The Morgan fingerprint density at radius 3 is 2.60 bits per heavy atom. The third-order valence-corrected chi connectivity index (χ3v) is 4.54. The van der Waals surface area contributed by atoms with Crippen molar-refractivity contribution >= 4 is 35.8 Å². The molecule has 7 heteroatoms. The Morgan fingerprint density at radius 2 is 1.96 bits per heavy atom. The number of hydrogen-bond acceptors (Lipinski definition) is 2. The Bertz CT molecular complexity index is 731. The molecular formula is C18H21F2IN4. The number of nitrogens with two attached hydrogens (primary N) is 1. The van der Waals surface area contributed by atoms with Gasteiger partial charge in [-0.2, -0.15) is 0 Å². The van der Waals surface area contributed by atoms with E-state index in [1.807, 2.05) is 12.1 Å². The molecule has 3 rings (SSSR count). The lowest BCUT2D eigenvalue weighted by molar-refractivity contribution is 0.425. The van der Waals surface area contributed by atoms with Crippen LogP contribution in [-0.4, -0.2) is 17.5 Å². The number of halogens is 3. The molecule has 0 bridgehead atoms. The molecule has 0 saturated heterocycles. The zero-order chi connectivity index (χ0) is 17.0. The van der Waals surface area contributed by atoms with Gasteiger partial charge in [-0.3, -0.25) is 4.99 Å². The molecule has 0 unspecified atom stereocenters. The molecule has 25 heavy (non-hydrogen) atoms. The van der Waals surface area contributed by atoms with Gasteiger partial charge in [-0.15, -0.1) is 24.0 Å². The lowest BCUT2D eigenvalue weighted by Crippen LogP contribution is -2.31. The topological polar surface area (TPSA) is 63.3 Å². The van der Waals surface area contributed by atoms with Gasteiger partial charge in [-0.05, 0) is 36.6 Å². The maximum absolute atomic E-state index is 14.3. The Labute approximate surface area is 163 Å². The number of anilines is 1. The van der Waals surface area contributed by atoms with Crippen molar-refractivity contribution in [3.8, 4) is 0 Å². The van der Waals surface area contributed by atoms with Crippen molar-refractivity contribution in [3.05, 3.63) is 59.8 Å². The van der Waals surface area contributed by atoms with Crippen molar-refractivity contribution in [3.63, 3.8) is 0 Å². The van der Waals surface area contributed by atoms with Crippen LogP contribution in [0, 0.1) is 11.6 Å². The highest BCUT2D eigenvalue weighted by Crippen LogP contribution is 2.42. The molecule has 0 radical (unpaired) electrons. The Kier molecular flexibility index (Phi) is 6.69. The number of hydrogen-bond donors (Lipinski definition) is 2. The van der Waals surface area contributed by atoms with E-state index < -0.39 is 17.0 Å². The molecule has 1 heterocycles. The van der Waals surface area contributed by atoms with Gasteiger partial charge in [-0.25, -0.2) is 13.8 Å².